The number of sulfone groups is 1. The first kappa shape index (κ1) is 15.7. The van der Waals surface area contributed by atoms with Crippen LogP contribution in [-0.4, -0.2) is 33.1 Å². The van der Waals surface area contributed by atoms with Crippen LogP contribution in [0.1, 0.15) is 6.92 Å². The first-order valence-corrected chi connectivity index (χ1v) is 7.07. The number of nitrogens with one attached hydrogen (secondary N) is 1. The van der Waals surface area contributed by atoms with E-state index in [1.807, 2.05) is 0 Å². The fourth-order valence-electron chi connectivity index (χ4n) is 1.33. The Morgan fingerprint density at radius 2 is 1.84 bits per heavy atom. The van der Waals surface area contributed by atoms with Crippen molar-refractivity contribution in [3.63, 3.8) is 0 Å². The summed E-state index contributed by atoms with van der Waals surface area (Å²) < 4.78 is 73.0. The van der Waals surface area contributed by atoms with Crippen LogP contribution in [-0.2, 0) is 9.84 Å². The molecule has 19 heavy (non-hydrogen) atoms. The minimum atomic E-state index is -4.22. The Morgan fingerprint density at radius 1 is 1.26 bits per heavy atom. The minimum absolute atomic E-state index is 0.107. The third-order valence-corrected chi connectivity index (χ3v) is 4.22. The maximum atomic E-state index is 12.8. The summed E-state index contributed by atoms with van der Waals surface area (Å²) in [5.74, 6) is -4.43. The van der Waals surface area contributed by atoms with Gasteiger partial charge in [0.1, 0.15) is 0 Å². The van der Waals surface area contributed by atoms with E-state index in [0.29, 0.717) is 0 Å². The predicted molar refractivity (Wildman–Crippen MR) is 63.6 cm³/mol. The van der Waals surface area contributed by atoms with Crippen molar-refractivity contribution >= 4 is 15.5 Å². The molecule has 0 radical (unpaired) electrons. The van der Waals surface area contributed by atoms with Gasteiger partial charge in [0.2, 0.25) is 0 Å². The van der Waals surface area contributed by atoms with Crippen molar-refractivity contribution in [2.45, 2.75) is 24.2 Å². The van der Waals surface area contributed by atoms with Crippen LogP contribution < -0.4 is 5.32 Å². The molecule has 1 aromatic carbocycles. The van der Waals surface area contributed by atoms with Gasteiger partial charge in [-0.25, -0.2) is 17.2 Å². The van der Waals surface area contributed by atoms with E-state index in [0.717, 1.165) is 0 Å². The van der Waals surface area contributed by atoms with E-state index in [1.54, 1.807) is 0 Å². The Balaban J connectivity index is 2.98. The number of alkyl halides is 4. The summed E-state index contributed by atoms with van der Waals surface area (Å²) in [6.45, 7) is 0.0702. The van der Waals surface area contributed by atoms with Gasteiger partial charge in [-0.2, -0.15) is 8.78 Å². The van der Waals surface area contributed by atoms with Crippen molar-refractivity contribution < 1.29 is 26.0 Å². The van der Waals surface area contributed by atoms with Crippen molar-refractivity contribution in [3.05, 3.63) is 24.3 Å². The number of benzene rings is 1. The lowest BCUT2D eigenvalue weighted by molar-refractivity contribution is -0.117. The molecule has 108 valence electrons. The van der Waals surface area contributed by atoms with E-state index in [9.17, 15) is 26.0 Å². The molecule has 0 fully saturated rings. The zero-order valence-corrected chi connectivity index (χ0v) is 10.9. The second-order valence-electron chi connectivity index (χ2n) is 3.81. The Hall–Kier alpha value is -1.31. The average Bonchev–Trinajstić information content (AvgIpc) is 2.36. The maximum Gasteiger partial charge on any atom is 0.324 e. The summed E-state index contributed by atoms with van der Waals surface area (Å²) in [5.41, 5.74) is -0.107. The molecule has 0 atom stereocenters. The molecule has 1 rings (SSSR count). The molecule has 1 aromatic rings. The third-order valence-electron chi connectivity index (χ3n) is 2.44. The lowest BCUT2D eigenvalue weighted by Crippen LogP contribution is -2.35. The molecule has 0 aliphatic heterocycles. The largest absolute Gasteiger partial charge is 0.378 e. The molecule has 0 amide bonds. The number of rotatable bonds is 6. The van der Waals surface area contributed by atoms with Crippen LogP contribution in [0.5, 0.6) is 0 Å². The smallest absolute Gasteiger partial charge is 0.324 e. The van der Waals surface area contributed by atoms with Gasteiger partial charge in [0, 0.05) is 0 Å². The molecular formula is C11H13F4NO2S. The van der Waals surface area contributed by atoms with E-state index < -0.39 is 28.7 Å². The molecule has 0 aliphatic carbocycles. The van der Waals surface area contributed by atoms with Crippen LogP contribution in [0, 0.1) is 0 Å². The molecule has 0 heterocycles. The SMILES string of the molecule is CCS(=O)(=O)c1ccccc1NCC(F)(F)C(F)F. The second-order valence-corrected chi connectivity index (χ2v) is 6.06. The van der Waals surface area contributed by atoms with E-state index in [-0.39, 0.29) is 16.3 Å². The highest BCUT2D eigenvalue weighted by Crippen LogP contribution is 2.26. The van der Waals surface area contributed by atoms with Gasteiger partial charge in [0.25, 0.3) is 0 Å². The average molecular weight is 299 g/mol. The lowest BCUT2D eigenvalue weighted by Gasteiger charge is -2.18. The van der Waals surface area contributed by atoms with Gasteiger partial charge in [-0.1, -0.05) is 19.1 Å². The number of hydrogen-bond acceptors (Lipinski definition) is 3. The van der Waals surface area contributed by atoms with Gasteiger partial charge in [-0.15, -0.1) is 0 Å². The molecule has 0 aliphatic rings. The Labute approximate surface area is 108 Å². The molecule has 0 unspecified atom stereocenters. The normalized spacial score (nSPS) is 12.7. The molecule has 0 aromatic heterocycles. The molecule has 0 spiro atoms. The molecule has 3 nitrogen and oxygen atoms in total. The van der Waals surface area contributed by atoms with Crippen molar-refractivity contribution in [2.24, 2.45) is 0 Å². The summed E-state index contributed by atoms with van der Waals surface area (Å²) in [7, 11) is -3.61. The standard InChI is InChI=1S/C11H13F4NO2S/c1-2-19(17,18)9-6-4-3-5-8(9)16-7-11(14,15)10(12)13/h3-6,10,16H,2,7H2,1H3. The summed E-state index contributed by atoms with van der Waals surface area (Å²) in [6, 6.07) is 5.35. The van der Waals surface area contributed by atoms with Gasteiger partial charge in [-0.3, -0.25) is 0 Å². The van der Waals surface area contributed by atoms with Crippen LogP contribution in [0.15, 0.2) is 29.2 Å². The van der Waals surface area contributed by atoms with Crippen LogP contribution in [0.3, 0.4) is 0 Å². The van der Waals surface area contributed by atoms with Crippen LogP contribution in [0.25, 0.3) is 0 Å². The van der Waals surface area contributed by atoms with Crippen molar-refractivity contribution in [3.8, 4) is 0 Å². The minimum Gasteiger partial charge on any atom is -0.378 e. The van der Waals surface area contributed by atoms with Gasteiger partial charge in [0.05, 0.1) is 22.9 Å². The zero-order valence-electron chi connectivity index (χ0n) is 10.0. The van der Waals surface area contributed by atoms with Gasteiger partial charge >= 0.3 is 12.3 Å². The number of para-hydroxylation sites is 1. The molecular weight excluding hydrogens is 286 g/mol. The summed E-state index contributed by atoms with van der Waals surface area (Å²) in [4.78, 5) is -0.178. The van der Waals surface area contributed by atoms with Crippen LogP contribution in [0.4, 0.5) is 23.2 Å². The zero-order chi connectivity index (χ0) is 14.7. The van der Waals surface area contributed by atoms with Crippen molar-refractivity contribution in [2.75, 3.05) is 17.6 Å². The van der Waals surface area contributed by atoms with E-state index in [2.05, 4.69) is 5.32 Å². The van der Waals surface area contributed by atoms with Crippen LogP contribution >= 0.6 is 0 Å². The maximum absolute atomic E-state index is 12.8. The summed E-state index contributed by atoms with van der Waals surface area (Å²) in [5, 5.41) is 2.07. The molecule has 0 saturated heterocycles. The second kappa shape index (κ2) is 5.77. The number of anilines is 1. The van der Waals surface area contributed by atoms with Crippen LogP contribution in [0.2, 0.25) is 0 Å². The molecule has 0 saturated carbocycles. The Kier molecular flexibility index (Phi) is 4.78. The summed E-state index contributed by atoms with van der Waals surface area (Å²) in [6.07, 6.45) is -3.81. The van der Waals surface area contributed by atoms with Gasteiger partial charge < -0.3 is 5.32 Å². The van der Waals surface area contributed by atoms with Gasteiger partial charge in [-0.05, 0) is 12.1 Å². The number of halogens is 4. The van der Waals surface area contributed by atoms with E-state index in [4.69, 9.17) is 0 Å². The van der Waals surface area contributed by atoms with E-state index >= 15 is 0 Å². The fraction of sp³-hybridized carbons (Fsp3) is 0.455. The van der Waals surface area contributed by atoms with Crippen molar-refractivity contribution in [1.29, 1.82) is 0 Å². The highest BCUT2D eigenvalue weighted by atomic mass is 32.2. The first-order chi connectivity index (χ1) is 8.70. The quantitative estimate of drug-likeness (QED) is 0.822. The lowest BCUT2D eigenvalue weighted by atomic mass is 10.3. The highest BCUT2D eigenvalue weighted by Gasteiger charge is 2.40. The van der Waals surface area contributed by atoms with Gasteiger partial charge in [0.15, 0.2) is 9.84 Å². The summed E-state index contributed by atoms with van der Waals surface area (Å²) >= 11 is 0. The third kappa shape index (κ3) is 3.82. The topological polar surface area (TPSA) is 46.2 Å². The Bertz CT molecular complexity index is 531. The number of hydrogen-bond donors (Lipinski definition) is 1. The monoisotopic (exact) mass is 299 g/mol. The first-order valence-electron chi connectivity index (χ1n) is 5.42. The highest BCUT2D eigenvalue weighted by molar-refractivity contribution is 7.91. The molecule has 1 N–H and O–H groups in total. The fourth-order valence-corrected chi connectivity index (χ4v) is 2.40. The predicted octanol–water partition coefficient (Wildman–Crippen LogP) is 2.79. The Morgan fingerprint density at radius 3 is 2.37 bits per heavy atom. The molecule has 8 heteroatoms. The molecule has 0 bridgehead atoms. The van der Waals surface area contributed by atoms with E-state index in [1.165, 1.54) is 31.2 Å². The van der Waals surface area contributed by atoms with Crippen molar-refractivity contribution in [1.82, 2.24) is 0 Å².